The van der Waals surface area contributed by atoms with Gasteiger partial charge >= 0.3 is 6.18 Å². The maximum atomic E-state index is 13.9. The molecule has 1 atom stereocenters. The van der Waals surface area contributed by atoms with E-state index in [1.165, 1.54) is 24.2 Å². The van der Waals surface area contributed by atoms with E-state index in [-0.39, 0.29) is 17.3 Å². The van der Waals surface area contributed by atoms with Crippen molar-refractivity contribution >= 4 is 23.2 Å². The fourth-order valence-electron chi connectivity index (χ4n) is 3.30. The molecule has 0 unspecified atom stereocenters. The van der Waals surface area contributed by atoms with Crippen molar-refractivity contribution in [1.29, 1.82) is 0 Å². The van der Waals surface area contributed by atoms with Gasteiger partial charge in [0, 0.05) is 37.8 Å². The maximum absolute atomic E-state index is 13.9. The number of nitrogens with zero attached hydrogens (tertiary/aromatic N) is 4. The maximum Gasteiger partial charge on any atom is 0.416 e. The molecule has 0 aliphatic carbocycles. The fraction of sp³-hybridized carbons (Fsp3) is 0.375. The molecule has 0 radical (unpaired) electrons. The van der Waals surface area contributed by atoms with Crippen LogP contribution in [0.15, 0.2) is 30.6 Å². The SMILES string of the molecule is CCN(C)C(=O)c1cnc(-c2nc(C)cnc2[C@H](C)NC(=O)c2cc(C(C)(F)F)cc(C(F)(F)F)c2)s1. The number of halogens is 5. The zero-order valence-corrected chi connectivity index (χ0v) is 21.4. The summed E-state index contributed by atoms with van der Waals surface area (Å²) in [5.74, 6) is -4.83. The molecule has 0 saturated carbocycles. The van der Waals surface area contributed by atoms with E-state index in [1.54, 1.807) is 14.0 Å². The molecule has 198 valence electrons. The second-order valence-corrected chi connectivity index (χ2v) is 9.51. The monoisotopic (exact) mass is 541 g/mol. The van der Waals surface area contributed by atoms with Crippen molar-refractivity contribution in [2.75, 3.05) is 13.6 Å². The number of rotatable bonds is 7. The molecule has 0 saturated heterocycles. The minimum Gasteiger partial charge on any atom is -0.344 e. The minimum absolute atomic E-state index is 0.233. The van der Waals surface area contributed by atoms with Crippen molar-refractivity contribution in [2.24, 2.45) is 0 Å². The summed E-state index contributed by atoms with van der Waals surface area (Å²) in [5, 5.41) is 2.86. The van der Waals surface area contributed by atoms with Crippen LogP contribution in [0.3, 0.4) is 0 Å². The van der Waals surface area contributed by atoms with Gasteiger partial charge in [0.2, 0.25) is 0 Å². The molecule has 0 aliphatic rings. The lowest BCUT2D eigenvalue weighted by atomic mass is 10.0. The zero-order chi connectivity index (χ0) is 27.7. The molecule has 3 aromatic rings. The van der Waals surface area contributed by atoms with Crippen molar-refractivity contribution in [3.05, 3.63) is 63.5 Å². The Morgan fingerprint density at radius 1 is 1.08 bits per heavy atom. The minimum atomic E-state index is -4.93. The van der Waals surface area contributed by atoms with E-state index in [9.17, 15) is 31.5 Å². The first-order valence-electron chi connectivity index (χ1n) is 11.1. The Bertz CT molecular complexity index is 1290. The second-order valence-electron chi connectivity index (χ2n) is 8.47. The number of hydrogen-bond acceptors (Lipinski definition) is 6. The van der Waals surface area contributed by atoms with E-state index in [2.05, 4.69) is 20.3 Å². The van der Waals surface area contributed by atoms with Crippen LogP contribution in [0.4, 0.5) is 22.0 Å². The van der Waals surface area contributed by atoms with Gasteiger partial charge in [0.1, 0.15) is 15.6 Å². The van der Waals surface area contributed by atoms with Gasteiger partial charge in [0.05, 0.1) is 29.2 Å². The van der Waals surface area contributed by atoms with Crippen LogP contribution in [-0.2, 0) is 12.1 Å². The number of nitrogens with one attached hydrogen (secondary N) is 1. The summed E-state index contributed by atoms with van der Waals surface area (Å²) >= 11 is 1.08. The van der Waals surface area contributed by atoms with Crippen LogP contribution in [0.5, 0.6) is 0 Å². The number of benzene rings is 1. The van der Waals surface area contributed by atoms with E-state index in [4.69, 9.17) is 0 Å². The number of amides is 2. The highest BCUT2D eigenvalue weighted by molar-refractivity contribution is 7.16. The molecule has 0 spiro atoms. The largest absolute Gasteiger partial charge is 0.416 e. The molecule has 2 amide bonds. The molecule has 7 nitrogen and oxygen atoms in total. The van der Waals surface area contributed by atoms with E-state index >= 15 is 0 Å². The molecular formula is C24H24F5N5O2S. The van der Waals surface area contributed by atoms with Crippen molar-refractivity contribution in [3.8, 4) is 10.7 Å². The Morgan fingerprint density at radius 2 is 1.73 bits per heavy atom. The lowest BCUT2D eigenvalue weighted by Crippen LogP contribution is -2.28. The fourth-order valence-corrected chi connectivity index (χ4v) is 4.21. The van der Waals surface area contributed by atoms with E-state index in [1.807, 2.05) is 6.92 Å². The summed E-state index contributed by atoms with van der Waals surface area (Å²) in [6.07, 6.45) is -2.09. The van der Waals surface area contributed by atoms with Crippen LogP contribution in [0.1, 0.15) is 69.4 Å². The van der Waals surface area contributed by atoms with Crippen LogP contribution in [0, 0.1) is 6.92 Å². The first-order chi connectivity index (χ1) is 17.1. The van der Waals surface area contributed by atoms with E-state index in [0.29, 0.717) is 41.2 Å². The molecule has 0 fully saturated rings. The molecular weight excluding hydrogens is 517 g/mol. The Kier molecular flexibility index (Phi) is 7.96. The van der Waals surface area contributed by atoms with Gasteiger partial charge in [-0.1, -0.05) is 0 Å². The quantitative estimate of drug-likeness (QED) is 0.392. The topological polar surface area (TPSA) is 88.1 Å². The van der Waals surface area contributed by atoms with Crippen molar-refractivity contribution < 1.29 is 31.5 Å². The smallest absolute Gasteiger partial charge is 0.344 e. The summed E-state index contributed by atoms with van der Waals surface area (Å²) in [4.78, 5) is 40.2. The number of thiazole rings is 1. The average Bonchev–Trinajstić information content (AvgIpc) is 3.31. The summed E-state index contributed by atoms with van der Waals surface area (Å²) in [7, 11) is 1.64. The van der Waals surface area contributed by atoms with Crippen LogP contribution >= 0.6 is 11.3 Å². The van der Waals surface area contributed by atoms with Crippen molar-refractivity contribution in [3.63, 3.8) is 0 Å². The summed E-state index contributed by atoms with van der Waals surface area (Å²) < 4.78 is 67.6. The van der Waals surface area contributed by atoms with Gasteiger partial charge in [-0.25, -0.2) is 18.7 Å². The van der Waals surface area contributed by atoms with Crippen LogP contribution in [0.2, 0.25) is 0 Å². The Labute approximate surface area is 213 Å². The first kappa shape index (κ1) is 28.1. The van der Waals surface area contributed by atoms with Gasteiger partial charge in [-0.3, -0.25) is 14.6 Å². The van der Waals surface area contributed by atoms with Gasteiger partial charge in [-0.05, 0) is 39.0 Å². The third kappa shape index (κ3) is 6.45. The summed E-state index contributed by atoms with van der Waals surface area (Å²) in [6, 6.07) is 0.669. The molecule has 0 aliphatic heterocycles. The van der Waals surface area contributed by atoms with Gasteiger partial charge in [-0.15, -0.1) is 11.3 Å². The first-order valence-corrected chi connectivity index (χ1v) is 11.9. The van der Waals surface area contributed by atoms with Crippen molar-refractivity contribution in [1.82, 2.24) is 25.2 Å². The molecule has 0 bridgehead atoms. The lowest BCUT2D eigenvalue weighted by molar-refractivity contribution is -0.137. The Hall–Kier alpha value is -3.48. The van der Waals surface area contributed by atoms with Gasteiger partial charge in [-0.2, -0.15) is 13.2 Å². The van der Waals surface area contributed by atoms with Crippen molar-refractivity contribution in [2.45, 2.75) is 45.8 Å². The van der Waals surface area contributed by atoms with Crippen LogP contribution in [0.25, 0.3) is 10.7 Å². The number of carbonyl (C=O) groups excluding carboxylic acids is 2. The molecule has 1 N–H and O–H groups in total. The molecule has 37 heavy (non-hydrogen) atoms. The average molecular weight is 542 g/mol. The third-order valence-electron chi connectivity index (χ3n) is 5.45. The van der Waals surface area contributed by atoms with Gasteiger partial charge in [0.15, 0.2) is 0 Å². The van der Waals surface area contributed by atoms with Gasteiger partial charge in [0.25, 0.3) is 17.7 Å². The predicted octanol–water partition coefficient (Wildman–Crippen LogP) is 5.62. The number of aryl methyl sites for hydroxylation is 1. The highest BCUT2D eigenvalue weighted by Crippen LogP contribution is 2.36. The number of aromatic nitrogens is 3. The highest BCUT2D eigenvalue weighted by atomic mass is 32.1. The number of carbonyl (C=O) groups is 2. The lowest BCUT2D eigenvalue weighted by Gasteiger charge is -2.19. The third-order valence-corrected chi connectivity index (χ3v) is 6.44. The van der Waals surface area contributed by atoms with Gasteiger partial charge < -0.3 is 10.2 Å². The van der Waals surface area contributed by atoms with Crippen LogP contribution in [-0.4, -0.2) is 45.3 Å². The molecule has 2 aromatic heterocycles. The zero-order valence-electron chi connectivity index (χ0n) is 20.6. The molecule has 2 heterocycles. The predicted molar refractivity (Wildman–Crippen MR) is 127 cm³/mol. The number of hydrogen-bond donors (Lipinski definition) is 1. The molecule has 1 aromatic carbocycles. The highest BCUT2D eigenvalue weighted by Gasteiger charge is 2.35. The molecule has 13 heteroatoms. The Balaban J connectivity index is 1.95. The summed E-state index contributed by atoms with van der Waals surface area (Å²) in [6.45, 7) is 5.97. The summed E-state index contributed by atoms with van der Waals surface area (Å²) in [5.41, 5.74) is -1.83. The van der Waals surface area contributed by atoms with Crippen LogP contribution < -0.4 is 5.32 Å². The number of alkyl halides is 5. The van der Waals surface area contributed by atoms with E-state index < -0.39 is 40.7 Å². The van der Waals surface area contributed by atoms with E-state index in [0.717, 1.165) is 17.4 Å². The molecule has 3 rings (SSSR count). The second kappa shape index (κ2) is 10.5. The normalized spacial score (nSPS) is 12.8. The Morgan fingerprint density at radius 3 is 2.32 bits per heavy atom. The standard InChI is InChI=1S/C24H24F5N5O2S/c1-6-34(5)22(36)17-11-31-21(37-17)19-18(30-10-12(2)32-19)13(3)33-20(35)14-7-15(23(4,25)26)9-16(8-14)24(27,28)29/h7-11,13H,6H2,1-5H3,(H,33,35)/t13-/m0/s1.